The lowest BCUT2D eigenvalue weighted by molar-refractivity contribution is 0.0662. The van der Waals surface area contributed by atoms with E-state index in [0.717, 1.165) is 49.9 Å². The Morgan fingerprint density at radius 1 is 1.16 bits per heavy atom. The monoisotopic (exact) mass is 436 g/mol. The first-order valence-electron chi connectivity index (χ1n) is 10.8. The van der Waals surface area contributed by atoms with Crippen LogP contribution in [0.4, 0.5) is 27.3 Å². The highest BCUT2D eigenvalue weighted by atomic mass is 19.1. The number of likely N-dealkylation sites (N-methyl/N-ethyl adjacent to an activating group) is 1. The summed E-state index contributed by atoms with van der Waals surface area (Å²) in [6.45, 7) is 2.15. The summed E-state index contributed by atoms with van der Waals surface area (Å²) in [6, 6.07) is 7.52. The van der Waals surface area contributed by atoms with Crippen LogP contribution in [0.25, 0.3) is 0 Å². The predicted octanol–water partition coefficient (Wildman–Crippen LogP) is 3.88. The Bertz CT molecular complexity index is 1140. The number of hydrogen-bond donors (Lipinski definition) is 2. The summed E-state index contributed by atoms with van der Waals surface area (Å²) in [7, 11) is 1.78. The molecule has 3 aromatic rings. The van der Waals surface area contributed by atoms with Crippen LogP contribution >= 0.6 is 0 Å². The van der Waals surface area contributed by atoms with E-state index >= 15 is 0 Å². The van der Waals surface area contributed by atoms with Crippen molar-refractivity contribution in [1.82, 2.24) is 19.7 Å². The molecule has 2 aromatic heterocycles. The van der Waals surface area contributed by atoms with E-state index in [1.807, 2.05) is 23.0 Å². The Morgan fingerprint density at radius 3 is 2.84 bits per heavy atom. The van der Waals surface area contributed by atoms with Crippen molar-refractivity contribution < 1.29 is 13.9 Å². The van der Waals surface area contributed by atoms with Gasteiger partial charge in [-0.2, -0.15) is 5.10 Å². The molecule has 0 aliphatic carbocycles. The molecule has 166 valence electrons. The first-order valence-corrected chi connectivity index (χ1v) is 10.8. The van der Waals surface area contributed by atoms with Gasteiger partial charge in [-0.1, -0.05) is 12.1 Å². The van der Waals surface area contributed by atoms with Crippen molar-refractivity contribution in [3.63, 3.8) is 0 Å². The number of nitrogens with zero attached hydrogens (tertiary/aromatic N) is 4. The fourth-order valence-electron chi connectivity index (χ4n) is 4.19. The van der Waals surface area contributed by atoms with Gasteiger partial charge in [0.15, 0.2) is 5.82 Å². The number of fused-ring (bicyclic) bond motifs is 1. The molecule has 2 aliphatic rings. The Labute approximate surface area is 185 Å². The molecule has 0 bridgehead atoms. The molecule has 1 amide bonds. The van der Waals surface area contributed by atoms with Crippen LogP contribution in [-0.2, 0) is 11.2 Å². The molecule has 0 unspecified atom stereocenters. The van der Waals surface area contributed by atoms with Crippen LogP contribution in [0, 0.1) is 5.82 Å². The fraction of sp³-hybridized carbons (Fsp3) is 0.348. The Morgan fingerprint density at radius 2 is 2.00 bits per heavy atom. The minimum atomic E-state index is -0.498. The smallest absolute Gasteiger partial charge is 0.255 e. The number of nitrogens with one attached hydrogen (secondary N) is 2. The van der Waals surface area contributed by atoms with Crippen molar-refractivity contribution in [3.05, 3.63) is 59.8 Å². The molecule has 0 spiro atoms. The first-order chi connectivity index (χ1) is 15.6. The molecule has 1 fully saturated rings. The van der Waals surface area contributed by atoms with Crippen LogP contribution in [-0.4, -0.2) is 52.4 Å². The van der Waals surface area contributed by atoms with E-state index in [1.165, 1.54) is 0 Å². The zero-order valence-electron chi connectivity index (χ0n) is 17.8. The van der Waals surface area contributed by atoms with Gasteiger partial charge in [-0.3, -0.25) is 9.48 Å². The maximum atomic E-state index is 14.6. The quantitative estimate of drug-likeness (QED) is 0.632. The average molecular weight is 436 g/mol. The maximum absolute atomic E-state index is 14.6. The highest BCUT2D eigenvalue weighted by molar-refractivity contribution is 6.02. The summed E-state index contributed by atoms with van der Waals surface area (Å²) >= 11 is 0. The Kier molecular flexibility index (Phi) is 5.48. The minimum Gasteiger partial charge on any atom is -0.381 e. The van der Waals surface area contributed by atoms with E-state index in [0.29, 0.717) is 29.7 Å². The van der Waals surface area contributed by atoms with Gasteiger partial charge in [-0.15, -0.1) is 0 Å². The van der Waals surface area contributed by atoms with Gasteiger partial charge < -0.3 is 20.3 Å². The first kappa shape index (κ1) is 20.4. The molecule has 1 saturated heterocycles. The summed E-state index contributed by atoms with van der Waals surface area (Å²) in [4.78, 5) is 18.5. The van der Waals surface area contributed by atoms with Crippen molar-refractivity contribution in [2.75, 3.05) is 37.4 Å². The molecule has 0 atom stereocenters. The molecular formula is C23H25FN6O2. The fourth-order valence-corrected chi connectivity index (χ4v) is 4.19. The standard InChI is InChI=1S/C23H25FN6O2/c1-29-8-5-15-3-2-4-19(22(15)23(29)31)28-20-11-21(25-13-18(20)24)27-16-12-26-30(14-16)17-6-9-32-10-7-17/h2-4,11-14,17H,5-10H2,1H3,(H2,25,27,28). The second-order valence-electron chi connectivity index (χ2n) is 8.17. The van der Waals surface area contributed by atoms with Crippen molar-refractivity contribution in [1.29, 1.82) is 0 Å². The highest BCUT2D eigenvalue weighted by Gasteiger charge is 2.25. The van der Waals surface area contributed by atoms with Gasteiger partial charge in [-0.05, 0) is 30.9 Å². The lowest BCUT2D eigenvalue weighted by atomic mass is 9.97. The summed E-state index contributed by atoms with van der Waals surface area (Å²) in [5.41, 5.74) is 3.16. The van der Waals surface area contributed by atoms with Crippen molar-refractivity contribution in [2.24, 2.45) is 0 Å². The van der Waals surface area contributed by atoms with Gasteiger partial charge in [0.1, 0.15) is 5.82 Å². The SMILES string of the molecule is CN1CCc2cccc(Nc3cc(Nc4cnn(C5CCOCC5)c4)ncc3F)c2C1=O. The number of aromatic nitrogens is 3. The highest BCUT2D eigenvalue weighted by Crippen LogP contribution is 2.30. The number of carbonyl (C=O) groups excluding carboxylic acids is 1. The lowest BCUT2D eigenvalue weighted by Crippen LogP contribution is -2.34. The number of pyridine rings is 1. The molecule has 1 aromatic carbocycles. The average Bonchev–Trinajstić information content (AvgIpc) is 3.28. The Hall–Kier alpha value is -3.46. The number of benzene rings is 1. The van der Waals surface area contributed by atoms with Crippen LogP contribution < -0.4 is 10.6 Å². The zero-order chi connectivity index (χ0) is 22.1. The molecule has 32 heavy (non-hydrogen) atoms. The van der Waals surface area contributed by atoms with Gasteiger partial charge in [0, 0.05) is 39.1 Å². The normalized spacial score (nSPS) is 16.7. The number of anilines is 4. The topological polar surface area (TPSA) is 84.3 Å². The van der Waals surface area contributed by atoms with Crippen LogP contribution in [0.2, 0.25) is 0 Å². The summed E-state index contributed by atoms with van der Waals surface area (Å²) in [5.74, 6) is -0.0842. The number of amides is 1. The molecule has 0 saturated carbocycles. The van der Waals surface area contributed by atoms with Crippen LogP contribution in [0.3, 0.4) is 0 Å². The van der Waals surface area contributed by atoms with Gasteiger partial charge in [-0.25, -0.2) is 9.37 Å². The van der Waals surface area contributed by atoms with Crippen molar-refractivity contribution in [2.45, 2.75) is 25.3 Å². The van der Waals surface area contributed by atoms with E-state index in [2.05, 4.69) is 20.7 Å². The molecular weight excluding hydrogens is 411 g/mol. The van der Waals surface area contributed by atoms with Crippen LogP contribution in [0.5, 0.6) is 0 Å². The van der Waals surface area contributed by atoms with Crippen molar-refractivity contribution in [3.8, 4) is 0 Å². The summed E-state index contributed by atoms with van der Waals surface area (Å²) < 4.78 is 21.9. The third-order valence-electron chi connectivity index (χ3n) is 5.99. The zero-order valence-corrected chi connectivity index (χ0v) is 17.8. The third kappa shape index (κ3) is 4.03. The Balaban J connectivity index is 1.37. The van der Waals surface area contributed by atoms with Crippen LogP contribution in [0.1, 0.15) is 34.8 Å². The lowest BCUT2D eigenvalue weighted by Gasteiger charge is -2.27. The predicted molar refractivity (Wildman–Crippen MR) is 119 cm³/mol. The second kappa shape index (κ2) is 8.58. The maximum Gasteiger partial charge on any atom is 0.255 e. The van der Waals surface area contributed by atoms with E-state index in [9.17, 15) is 9.18 Å². The van der Waals surface area contributed by atoms with Gasteiger partial charge >= 0.3 is 0 Å². The molecule has 8 nitrogen and oxygen atoms in total. The molecule has 2 N–H and O–H groups in total. The van der Waals surface area contributed by atoms with E-state index in [-0.39, 0.29) is 11.6 Å². The van der Waals surface area contributed by atoms with Crippen molar-refractivity contribution >= 4 is 28.8 Å². The van der Waals surface area contributed by atoms with Gasteiger partial charge in [0.05, 0.1) is 41.1 Å². The number of rotatable bonds is 5. The van der Waals surface area contributed by atoms with E-state index in [4.69, 9.17) is 4.74 Å². The summed E-state index contributed by atoms with van der Waals surface area (Å²) in [6.07, 6.45) is 7.46. The second-order valence-corrected chi connectivity index (χ2v) is 8.17. The van der Waals surface area contributed by atoms with E-state index < -0.39 is 5.82 Å². The number of carbonyl (C=O) groups is 1. The third-order valence-corrected chi connectivity index (χ3v) is 5.99. The molecule has 9 heteroatoms. The number of ether oxygens (including phenoxy) is 1. The minimum absolute atomic E-state index is 0.0670. The van der Waals surface area contributed by atoms with Gasteiger partial charge in [0.2, 0.25) is 0 Å². The number of halogens is 1. The molecule has 0 radical (unpaired) electrons. The van der Waals surface area contributed by atoms with Gasteiger partial charge in [0.25, 0.3) is 5.91 Å². The number of hydrogen-bond acceptors (Lipinski definition) is 6. The molecule has 5 rings (SSSR count). The van der Waals surface area contributed by atoms with Crippen LogP contribution in [0.15, 0.2) is 42.9 Å². The largest absolute Gasteiger partial charge is 0.381 e. The summed E-state index contributed by atoms with van der Waals surface area (Å²) in [5, 5.41) is 10.7. The molecule has 2 aliphatic heterocycles. The molecule has 4 heterocycles. The van der Waals surface area contributed by atoms with E-state index in [1.54, 1.807) is 30.3 Å².